The summed E-state index contributed by atoms with van der Waals surface area (Å²) in [6, 6.07) is 0. The first-order chi connectivity index (χ1) is 8.83. The summed E-state index contributed by atoms with van der Waals surface area (Å²) in [4.78, 5) is 0. The normalized spacial score (nSPS) is 9.41. The molecule has 0 fully saturated rings. The molecule has 0 atom stereocenters. The Labute approximate surface area is 155 Å². The second kappa shape index (κ2) is 25.2. The average Bonchev–Trinajstić information content (AvgIpc) is 2.17. The molecule has 0 spiro atoms. The molecule has 144 valence electrons. The van der Waals surface area contributed by atoms with Gasteiger partial charge in [0.25, 0.3) is 0 Å². The van der Waals surface area contributed by atoms with Crippen molar-refractivity contribution < 1.29 is 27.9 Å². The quantitative estimate of drug-likeness (QED) is 0.189. The van der Waals surface area contributed by atoms with Crippen molar-refractivity contribution in [2.75, 3.05) is 26.7 Å². The average molecular weight is 528 g/mol. The van der Waals surface area contributed by atoms with Gasteiger partial charge in [-0.1, -0.05) is 31.7 Å². The number of rotatable bonds is 3. The summed E-state index contributed by atoms with van der Waals surface area (Å²) >= 11 is 3.30. The van der Waals surface area contributed by atoms with Crippen molar-refractivity contribution >= 4 is 64.3 Å². The molecule has 0 radical (unpaired) electrons. The van der Waals surface area contributed by atoms with Crippen LogP contribution in [0.3, 0.4) is 0 Å². The predicted octanol–water partition coefficient (Wildman–Crippen LogP) is 3.90. The van der Waals surface area contributed by atoms with Crippen molar-refractivity contribution in [1.82, 2.24) is 0 Å². The molecule has 0 amide bonds. The minimum absolute atomic E-state index is 0. The fraction of sp³-hybridized carbons (Fsp3) is 1.00. The Morgan fingerprint density at radius 1 is 1.18 bits per heavy atom. The maximum atomic E-state index is 9.95. The monoisotopic (exact) mass is 528 g/mol. The van der Waals surface area contributed by atoms with E-state index in [0.29, 0.717) is 15.8 Å². The van der Waals surface area contributed by atoms with Crippen molar-refractivity contribution in [1.29, 1.82) is 0 Å². The van der Waals surface area contributed by atoms with E-state index >= 15 is 0 Å². The molecule has 0 aromatic heterocycles. The van der Waals surface area contributed by atoms with E-state index in [1.54, 1.807) is 24.8 Å². The second-order valence-corrected chi connectivity index (χ2v) is 23.1. The van der Waals surface area contributed by atoms with Crippen LogP contribution in [0.4, 0.5) is 0 Å². The van der Waals surface area contributed by atoms with Gasteiger partial charge in [-0.25, -0.2) is 5.26 Å². The summed E-state index contributed by atoms with van der Waals surface area (Å²) in [6.45, 7) is 7.69. The van der Waals surface area contributed by atoms with Gasteiger partial charge < -0.3 is 0 Å². The predicted molar refractivity (Wildman–Crippen MR) is 112 cm³/mol. The first-order valence-corrected chi connectivity index (χ1v) is 22.5. The summed E-state index contributed by atoms with van der Waals surface area (Å²) in [7, 11) is -2.51. The van der Waals surface area contributed by atoms with Crippen LogP contribution in [0.1, 0.15) is 14.9 Å². The second-order valence-electron chi connectivity index (χ2n) is 3.66. The summed E-state index contributed by atoms with van der Waals surface area (Å²) in [5, 5.41) is 11.0. The Kier molecular flexibility index (Phi) is 44.9. The zero-order chi connectivity index (χ0) is 17.4. The topological polar surface area (TPSA) is 93.1 Å². The van der Waals surface area contributed by atoms with Gasteiger partial charge >= 0.3 is 73.4 Å². The molecule has 0 bridgehead atoms. The van der Waals surface area contributed by atoms with Gasteiger partial charge in [0.1, 0.15) is 6.26 Å². The van der Waals surface area contributed by atoms with Gasteiger partial charge in [-0.3, -0.25) is 0 Å². The Hall–Kier alpha value is 1.99. The Morgan fingerprint density at radius 3 is 1.36 bits per heavy atom. The third-order valence-corrected chi connectivity index (χ3v) is 8.01. The van der Waals surface area contributed by atoms with Crippen LogP contribution >= 0.6 is 14.8 Å². The first-order valence-electron chi connectivity index (χ1n) is 5.20. The molecule has 12 heteroatoms. The standard InChI is InChI=1S/C2H7AsO3S.C2H7As.C2H7O3PS.C2H7P.2CH4/c1-3(2)7(4,5)6;1-3-2;1-6(2,7)5-4-3;1-3-2;;/h1-2H3,(H,4,5,6);3H,1-2H3;3H,1-2H3;3H,1-2H3;2*1H4. The molecule has 0 heterocycles. The van der Waals surface area contributed by atoms with Crippen LogP contribution in [0.5, 0.6) is 0 Å². The molecule has 0 rings (SSSR count). The molecule has 0 saturated carbocycles. The van der Waals surface area contributed by atoms with Crippen LogP contribution in [0, 0.1) is 0 Å². The molecule has 2 N–H and O–H groups in total. The van der Waals surface area contributed by atoms with E-state index in [9.17, 15) is 8.42 Å². The Balaban J connectivity index is -0.0000000404. The van der Waals surface area contributed by atoms with Crippen molar-refractivity contribution in [2.45, 2.75) is 37.7 Å². The molecule has 0 aromatic rings. The van der Waals surface area contributed by atoms with E-state index < -0.39 is 28.1 Å². The third-order valence-electron chi connectivity index (χ3n) is 0.674. The van der Waals surface area contributed by atoms with Gasteiger partial charge in [0, 0.05) is 0 Å². The zero-order valence-corrected chi connectivity index (χ0v) is 20.7. The van der Waals surface area contributed by atoms with E-state index in [2.05, 4.69) is 46.3 Å². The van der Waals surface area contributed by atoms with Crippen LogP contribution in [0.15, 0.2) is 0 Å². The molecule has 0 aliphatic heterocycles. The fourth-order valence-corrected chi connectivity index (χ4v) is 0.322. The van der Waals surface area contributed by atoms with Gasteiger partial charge in [0.15, 0.2) is 0 Å². The molecule has 0 aromatic carbocycles. The molecule has 0 unspecified atom stereocenters. The van der Waals surface area contributed by atoms with Crippen molar-refractivity contribution in [3.63, 3.8) is 0 Å². The van der Waals surface area contributed by atoms with Crippen molar-refractivity contribution in [3.8, 4) is 0 Å². The summed E-state index contributed by atoms with van der Waals surface area (Å²) in [6.07, 6.45) is -1.80. The van der Waals surface area contributed by atoms with E-state index in [1.807, 2.05) is 0 Å². The molecule has 0 saturated heterocycles. The SMILES string of the molecule is C.C.CP(C)(=S)OOO.CPC.C[AsH]C.C[As](C)S(=O)(=O)O. The molecule has 0 aliphatic carbocycles. The molecule has 22 heavy (non-hydrogen) atoms. The molecule has 0 aliphatic rings. The van der Waals surface area contributed by atoms with Crippen molar-refractivity contribution in [2.24, 2.45) is 0 Å². The van der Waals surface area contributed by atoms with Crippen LogP contribution in [0.2, 0.25) is 22.8 Å². The van der Waals surface area contributed by atoms with Crippen LogP contribution in [-0.2, 0) is 29.9 Å². The molecular weight excluding hydrogens is 492 g/mol. The van der Waals surface area contributed by atoms with E-state index in [4.69, 9.17) is 9.81 Å². The Bertz CT molecular complexity index is 321. The number of hydrogen-bond donors (Lipinski definition) is 2. The molecule has 6 nitrogen and oxygen atoms in total. The first kappa shape index (κ1) is 39.2. The summed E-state index contributed by atoms with van der Waals surface area (Å²) < 4.78 is 32.2. The van der Waals surface area contributed by atoms with E-state index in [-0.39, 0.29) is 14.9 Å². The van der Waals surface area contributed by atoms with Crippen molar-refractivity contribution in [3.05, 3.63) is 0 Å². The van der Waals surface area contributed by atoms with Gasteiger partial charge in [-0.15, -0.1) is 8.58 Å². The van der Waals surface area contributed by atoms with Gasteiger partial charge in [-0.05, 0) is 26.7 Å². The van der Waals surface area contributed by atoms with Gasteiger partial charge in [-0.2, -0.15) is 4.67 Å². The van der Waals surface area contributed by atoms with Crippen LogP contribution in [0.25, 0.3) is 0 Å². The maximum absolute atomic E-state index is 9.95. The van der Waals surface area contributed by atoms with E-state index in [1.165, 1.54) is 0 Å². The fourth-order valence-electron chi connectivity index (χ4n) is 0.0803. The zero-order valence-electron chi connectivity index (χ0n) is 13.2. The minimum atomic E-state index is -3.59. The van der Waals surface area contributed by atoms with Crippen LogP contribution in [-0.4, -0.2) is 74.1 Å². The summed E-state index contributed by atoms with van der Waals surface area (Å²) in [5.41, 5.74) is 7.62. The van der Waals surface area contributed by atoms with Gasteiger partial charge in [0.2, 0.25) is 0 Å². The van der Waals surface area contributed by atoms with E-state index in [0.717, 1.165) is 8.58 Å². The van der Waals surface area contributed by atoms with Crippen LogP contribution < -0.4 is 0 Å². The summed E-state index contributed by atoms with van der Waals surface area (Å²) in [5.74, 6) is 0. The van der Waals surface area contributed by atoms with Gasteiger partial charge in [0.05, 0.1) is 0 Å². The number of hydrogen-bond acceptors (Lipinski definition) is 6. The third kappa shape index (κ3) is 67.4. The molecular formula is C10H36As2O6P2S2. The Morgan fingerprint density at radius 2 is 1.36 bits per heavy atom.